The monoisotopic (exact) mass is 423 g/mol. The van der Waals surface area contributed by atoms with Crippen LogP contribution in [0.4, 0.5) is 4.39 Å². The van der Waals surface area contributed by atoms with Gasteiger partial charge in [-0.15, -0.1) is 0 Å². The van der Waals surface area contributed by atoms with E-state index in [9.17, 15) is 14.0 Å². The average molecular weight is 423 g/mol. The van der Waals surface area contributed by atoms with Gasteiger partial charge in [0.05, 0.1) is 31.4 Å². The molecule has 3 heterocycles. The number of hydrogen-bond donors (Lipinski definition) is 1. The Morgan fingerprint density at radius 3 is 2.45 bits per heavy atom. The highest BCUT2D eigenvalue weighted by Crippen LogP contribution is 2.34. The topological polar surface area (TPSA) is 84.5 Å². The number of aromatic nitrogens is 2. The number of carbonyl (C=O) groups is 2. The van der Waals surface area contributed by atoms with Crippen molar-refractivity contribution in [1.82, 2.24) is 14.9 Å². The van der Waals surface area contributed by atoms with E-state index in [4.69, 9.17) is 9.47 Å². The van der Waals surface area contributed by atoms with Gasteiger partial charge in [-0.25, -0.2) is 9.37 Å². The highest BCUT2D eigenvalue weighted by molar-refractivity contribution is 6.45. The summed E-state index contributed by atoms with van der Waals surface area (Å²) in [6.07, 6.45) is 3.67. The van der Waals surface area contributed by atoms with Crippen LogP contribution in [-0.2, 0) is 4.79 Å². The van der Waals surface area contributed by atoms with Crippen molar-refractivity contribution in [3.05, 3.63) is 59.4 Å². The molecule has 0 aliphatic carbocycles. The van der Waals surface area contributed by atoms with Gasteiger partial charge in [0.1, 0.15) is 17.1 Å². The van der Waals surface area contributed by atoms with Crippen LogP contribution in [0.1, 0.15) is 28.8 Å². The Morgan fingerprint density at radius 2 is 1.81 bits per heavy atom. The Bertz CT molecular complexity index is 1160. The van der Waals surface area contributed by atoms with Crippen molar-refractivity contribution in [1.29, 1.82) is 0 Å². The standard InChI is InChI=1S/C23H22FN3O4/c1-30-17-13-26-22(31-2)20-18(17)16(12-25-20)21(28)23(29)27-10-8-15(9-11-27)19(24)14-6-4-3-5-7-14/h3-7,12-13,25H,8-11H2,1-2H3. The van der Waals surface area contributed by atoms with Gasteiger partial charge in [0, 0.05) is 24.8 Å². The number of carbonyl (C=O) groups excluding carboxylic acids is 2. The number of nitrogens with zero attached hydrogens (tertiary/aromatic N) is 2. The molecule has 1 aliphatic heterocycles. The van der Waals surface area contributed by atoms with Gasteiger partial charge < -0.3 is 19.4 Å². The maximum Gasteiger partial charge on any atom is 0.295 e. The predicted molar refractivity (Wildman–Crippen MR) is 114 cm³/mol. The van der Waals surface area contributed by atoms with E-state index in [1.54, 1.807) is 24.3 Å². The number of ketones is 1. The zero-order valence-electron chi connectivity index (χ0n) is 17.3. The molecule has 2 aromatic heterocycles. The lowest BCUT2D eigenvalue weighted by molar-refractivity contribution is -0.126. The van der Waals surface area contributed by atoms with E-state index in [1.807, 2.05) is 6.07 Å². The molecule has 1 saturated heterocycles. The van der Waals surface area contributed by atoms with Gasteiger partial charge in [-0.2, -0.15) is 0 Å². The number of rotatable bonds is 5. The number of nitrogens with one attached hydrogen (secondary N) is 1. The third-order valence-electron chi connectivity index (χ3n) is 5.48. The zero-order valence-corrected chi connectivity index (χ0v) is 17.3. The lowest BCUT2D eigenvalue weighted by Crippen LogP contribution is -2.40. The average Bonchev–Trinajstić information content (AvgIpc) is 3.28. The Morgan fingerprint density at radius 1 is 1.10 bits per heavy atom. The number of benzene rings is 1. The molecular formula is C23H22FN3O4. The second-order valence-corrected chi connectivity index (χ2v) is 7.19. The molecule has 1 aromatic carbocycles. The minimum atomic E-state index is -0.659. The summed E-state index contributed by atoms with van der Waals surface area (Å²) in [5.74, 6) is -0.875. The summed E-state index contributed by atoms with van der Waals surface area (Å²) in [5, 5.41) is 0.445. The Labute approximate surface area is 178 Å². The molecule has 8 heteroatoms. The maximum absolute atomic E-state index is 14.7. The Balaban J connectivity index is 1.54. The summed E-state index contributed by atoms with van der Waals surface area (Å²) in [4.78, 5) is 34.5. The van der Waals surface area contributed by atoms with Crippen molar-refractivity contribution in [2.75, 3.05) is 27.3 Å². The summed E-state index contributed by atoms with van der Waals surface area (Å²) in [6.45, 7) is 0.565. The molecule has 1 aliphatic rings. The summed E-state index contributed by atoms with van der Waals surface area (Å²) < 4.78 is 25.3. The number of aromatic amines is 1. The van der Waals surface area contributed by atoms with Gasteiger partial charge >= 0.3 is 0 Å². The number of ether oxygens (including phenoxy) is 2. The van der Waals surface area contributed by atoms with Gasteiger partial charge in [-0.1, -0.05) is 30.3 Å². The van der Waals surface area contributed by atoms with E-state index in [-0.39, 0.29) is 24.5 Å². The van der Waals surface area contributed by atoms with Crippen LogP contribution in [0.15, 0.2) is 48.3 Å². The Hall–Kier alpha value is -3.68. The summed E-state index contributed by atoms with van der Waals surface area (Å²) in [7, 11) is 2.93. The molecule has 0 saturated carbocycles. The van der Waals surface area contributed by atoms with E-state index in [0.717, 1.165) is 0 Å². The van der Waals surface area contributed by atoms with Gasteiger partial charge in [-0.05, 0) is 18.4 Å². The molecule has 4 rings (SSSR count). The molecule has 1 amide bonds. The molecule has 31 heavy (non-hydrogen) atoms. The van der Waals surface area contributed by atoms with E-state index < -0.39 is 11.7 Å². The molecule has 1 fully saturated rings. The molecule has 0 unspecified atom stereocenters. The number of pyridine rings is 1. The Kier molecular flexibility index (Phi) is 5.70. The summed E-state index contributed by atoms with van der Waals surface area (Å²) in [5.41, 5.74) is 1.86. The molecule has 0 atom stereocenters. The van der Waals surface area contributed by atoms with E-state index in [2.05, 4.69) is 9.97 Å². The lowest BCUT2D eigenvalue weighted by atomic mass is 9.99. The number of likely N-dealkylation sites (tertiary alicyclic amines) is 1. The first kappa shape index (κ1) is 20.6. The molecule has 0 spiro atoms. The largest absolute Gasteiger partial charge is 0.494 e. The number of piperidine rings is 1. The van der Waals surface area contributed by atoms with Crippen molar-refractivity contribution in [3.8, 4) is 11.6 Å². The first-order chi connectivity index (χ1) is 15.0. The predicted octanol–water partition coefficient (Wildman–Crippen LogP) is 3.77. The normalized spacial score (nSPS) is 13.9. The summed E-state index contributed by atoms with van der Waals surface area (Å²) >= 11 is 0. The fourth-order valence-corrected chi connectivity index (χ4v) is 3.83. The molecule has 160 valence electrons. The van der Waals surface area contributed by atoms with E-state index in [1.165, 1.54) is 31.5 Å². The van der Waals surface area contributed by atoms with E-state index >= 15 is 0 Å². The van der Waals surface area contributed by atoms with Crippen LogP contribution < -0.4 is 9.47 Å². The van der Waals surface area contributed by atoms with Gasteiger partial charge in [-0.3, -0.25) is 9.59 Å². The lowest BCUT2D eigenvalue weighted by Gasteiger charge is -2.28. The number of fused-ring (bicyclic) bond motifs is 1. The molecule has 0 radical (unpaired) electrons. The number of halogens is 1. The quantitative estimate of drug-likeness (QED) is 0.499. The highest BCUT2D eigenvalue weighted by atomic mass is 19.1. The van der Waals surface area contributed by atoms with Crippen LogP contribution in [0.5, 0.6) is 11.6 Å². The molecular weight excluding hydrogens is 401 g/mol. The van der Waals surface area contributed by atoms with Crippen LogP contribution in [0, 0.1) is 0 Å². The second-order valence-electron chi connectivity index (χ2n) is 7.19. The fourth-order valence-electron chi connectivity index (χ4n) is 3.83. The van der Waals surface area contributed by atoms with Crippen molar-refractivity contribution >= 4 is 28.4 Å². The van der Waals surface area contributed by atoms with Crippen LogP contribution in [0.25, 0.3) is 16.7 Å². The highest BCUT2D eigenvalue weighted by Gasteiger charge is 2.30. The molecule has 7 nitrogen and oxygen atoms in total. The zero-order chi connectivity index (χ0) is 22.0. The van der Waals surface area contributed by atoms with E-state index in [0.29, 0.717) is 46.5 Å². The van der Waals surface area contributed by atoms with Gasteiger partial charge in [0.25, 0.3) is 11.7 Å². The first-order valence-electron chi connectivity index (χ1n) is 9.89. The second kappa shape index (κ2) is 8.59. The van der Waals surface area contributed by atoms with Gasteiger partial charge in [0.2, 0.25) is 5.88 Å². The van der Waals surface area contributed by atoms with Crippen LogP contribution in [-0.4, -0.2) is 53.9 Å². The number of amides is 1. The number of hydrogen-bond acceptors (Lipinski definition) is 5. The van der Waals surface area contributed by atoms with Crippen molar-refractivity contribution < 1.29 is 23.5 Å². The number of Topliss-reactive ketones (excluding diaryl/α,β-unsaturated/α-hetero) is 1. The van der Waals surface area contributed by atoms with Crippen molar-refractivity contribution in [3.63, 3.8) is 0 Å². The van der Waals surface area contributed by atoms with Crippen LogP contribution in [0.3, 0.4) is 0 Å². The maximum atomic E-state index is 14.7. The smallest absolute Gasteiger partial charge is 0.295 e. The number of methoxy groups -OCH3 is 2. The van der Waals surface area contributed by atoms with Crippen LogP contribution in [0.2, 0.25) is 0 Å². The first-order valence-corrected chi connectivity index (χ1v) is 9.89. The summed E-state index contributed by atoms with van der Waals surface area (Å²) in [6, 6.07) is 8.84. The van der Waals surface area contributed by atoms with Crippen molar-refractivity contribution in [2.24, 2.45) is 0 Å². The van der Waals surface area contributed by atoms with Crippen LogP contribution >= 0.6 is 0 Å². The molecule has 0 bridgehead atoms. The molecule has 3 aromatic rings. The van der Waals surface area contributed by atoms with Crippen molar-refractivity contribution in [2.45, 2.75) is 12.8 Å². The fraction of sp³-hybridized carbons (Fsp3) is 0.261. The molecule has 1 N–H and O–H groups in total. The minimum Gasteiger partial charge on any atom is -0.494 e. The SMILES string of the molecule is COc1ncc(OC)c2c(C(=O)C(=O)N3CCC(=C(F)c4ccccc4)CC3)c[nH]c12. The minimum absolute atomic E-state index is 0.189. The third kappa shape index (κ3) is 3.76. The third-order valence-corrected chi connectivity index (χ3v) is 5.48. The number of H-pyrrole nitrogens is 1. The van der Waals surface area contributed by atoms with Gasteiger partial charge in [0.15, 0.2) is 0 Å².